The highest BCUT2D eigenvalue weighted by molar-refractivity contribution is 5.89. The lowest BCUT2D eigenvalue weighted by molar-refractivity contribution is -0.129. The lowest BCUT2D eigenvalue weighted by Crippen LogP contribution is -2.34. The number of benzene rings is 1. The molecule has 3 nitrogen and oxygen atoms in total. The Morgan fingerprint density at radius 2 is 2.06 bits per heavy atom. The summed E-state index contributed by atoms with van der Waals surface area (Å²) in [5.74, 6) is 1.11. The van der Waals surface area contributed by atoms with E-state index >= 15 is 0 Å². The quantitative estimate of drug-likeness (QED) is 0.740. The molecule has 0 N–H and O–H groups in total. The van der Waals surface area contributed by atoms with Gasteiger partial charge in [0.05, 0.1) is 5.70 Å². The average molecular weight is 229 g/mol. The van der Waals surface area contributed by atoms with Crippen LogP contribution in [0.15, 0.2) is 30.3 Å². The van der Waals surface area contributed by atoms with Gasteiger partial charge in [-0.1, -0.05) is 12.1 Å². The maximum absolute atomic E-state index is 11.9. The smallest absolute Gasteiger partial charge is 0.226 e. The van der Waals surface area contributed by atoms with Gasteiger partial charge >= 0.3 is 0 Å². The second-order valence-corrected chi connectivity index (χ2v) is 4.40. The topological polar surface area (TPSA) is 29.5 Å². The molecule has 2 heterocycles. The third-order valence-corrected chi connectivity index (χ3v) is 3.29. The standard InChI is InChI=1S/C14H15NO2/c16-14-7-3-4-9-15(14)12-8-10-17-13-6-2-1-5-11(12)13/h1-2,5-6,8H,3-4,7,9-10H2. The zero-order valence-electron chi connectivity index (χ0n) is 9.69. The van der Waals surface area contributed by atoms with Gasteiger partial charge in [0.25, 0.3) is 0 Å². The van der Waals surface area contributed by atoms with Crippen LogP contribution in [0.2, 0.25) is 0 Å². The van der Waals surface area contributed by atoms with Crippen molar-refractivity contribution in [2.45, 2.75) is 19.3 Å². The first kappa shape index (κ1) is 10.4. The molecule has 0 aromatic heterocycles. The molecule has 1 aromatic carbocycles. The Bertz CT molecular complexity index is 479. The predicted molar refractivity (Wildman–Crippen MR) is 65.5 cm³/mol. The third-order valence-electron chi connectivity index (χ3n) is 3.29. The first-order valence-corrected chi connectivity index (χ1v) is 6.09. The molecule has 17 heavy (non-hydrogen) atoms. The molecule has 0 spiro atoms. The number of fused-ring (bicyclic) bond motifs is 1. The Kier molecular flexibility index (Phi) is 2.59. The van der Waals surface area contributed by atoms with Gasteiger partial charge in [0.15, 0.2) is 0 Å². The van der Waals surface area contributed by atoms with E-state index in [0.717, 1.165) is 36.4 Å². The molecule has 1 amide bonds. The van der Waals surface area contributed by atoms with Gasteiger partial charge in [-0.2, -0.15) is 0 Å². The van der Waals surface area contributed by atoms with Crippen molar-refractivity contribution in [1.29, 1.82) is 0 Å². The number of rotatable bonds is 1. The largest absolute Gasteiger partial charge is 0.489 e. The number of amides is 1. The van der Waals surface area contributed by atoms with Crippen LogP contribution in [0.25, 0.3) is 5.70 Å². The van der Waals surface area contributed by atoms with Crippen LogP contribution in [0.4, 0.5) is 0 Å². The lowest BCUT2D eigenvalue weighted by Gasteiger charge is -2.31. The van der Waals surface area contributed by atoms with Crippen LogP contribution >= 0.6 is 0 Å². The molecule has 88 valence electrons. The Labute approximate surface area is 101 Å². The molecule has 3 heteroatoms. The van der Waals surface area contributed by atoms with Crippen molar-refractivity contribution in [1.82, 2.24) is 4.90 Å². The maximum atomic E-state index is 11.9. The van der Waals surface area contributed by atoms with E-state index < -0.39 is 0 Å². The SMILES string of the molecule is O=C1CCCCN1C1=CCOc2ccccc21. The fraction of sp³-hybridized carbons (Fsp3) is 0.357. The van der Waals surface area contributed by atoms with Gasteiger partial charge in [0.1, 0.15) is 12.4 Å². The van der Waals surface area contributed by atoms with E-state index in [1.165, 1.54) is 0 Å². The number of hydrogen-bond acceptors (Lipinski definition) is 2. The number of carbonyl (C=O) groups excluding carboxylic acids is 1. The van der Waals surface area contributed by atoms with E-state index in [9.17, 15) is 4.79 Å². The van der Waals surface area contributed by atoms with Gasteiger partial charge in [-0.3, -0.25) is 4.79 Å². The summed E-state index contributed by atoms with van der Waals surface area (Å²) < 4.78 is 5.57. The number of para-hydroxylation sites is 1. The van der Waals surface area contributed by atoms with Gasteiger partial charge in [0.2, 0.25) is 5.91 Å². The van der Waals surface area contributed by atoms with Crippen LogP contribution in [0, 0.1) is 0 Å². The van der Waals surface area contributed by atoms with Crippen LogP contribution in [-0.4, -0.2) is 24.0 Å². The predicted octanol–water partition coefficient (Wildman–Crippen LogP) is 2.43. The fourth-order valence-electron chi connectivity index (χ4n) is 2.44. The monoisotopic (exact) mass is 229 g/mol. The normalized spacial score (nSPS) is 19.4. The molecular weight excluding hydrogens is 214 g/mol. The number of piperidine rings is 1. The number of carbonyl (C=O) groups is 1. The Balaban J connectivity index is 1.97. The van der Waals surface area contributed by atoms with Crippen molar-refractivity contribution in [2.24, 2.45) is 0 Å². The van der Waals surface area contributed by atoms with Crippen LogP contribution in [-0.2, 0) is 4.79 Å². The summed E-state index contributed by atoms with van der Waals surface area (Å²) in [6.45, 7) is 1.38. The van der Waals surface area contributed by atoms with Crippen molar-refractivity contribution in [3.8, 4) is 5.75 Å². The van der Waals surface area contributed by atoms with Crippen molar-refractivity contribution in [2.75, 3.05) is 13.2 Å². The van der Waals surface area contributed by atoms with Gasteiger partial charge in [-0.05, 0) is 31.1 Å². The molecule has 0 unspecified atom stereocenters. The highest BCUT2D eigenvalue weighted by atomic mass is 16.5. The first-order valence-electron chi connectivity index (χ1n) is 6.09. The Morgan fingerprint density at radius 1 is 1.18 bits per heavy atom. The summed E-state index contributed by atoms with van der Waals surface area (Å²) in [4.78, 5) is 13.9. The van der Waals surface area contributed by atoms with Crippen LogP contribution < -0.4 is 4.74 Å². The first-order chi connectivity index (χ1) is 8.36. The molecule has 3 rings (SSSR count). The van der Waals surface area contributed by atoms with Crippen LogP contribution in [0.1, 0.15) is 24.8 Å². The van der Waals surface area contributed by atoms with Crippen molar-refractivity contribution >= 4 is 11.6 Å². The minimum Gasteiger partial charge on any atom is -0.489 e. The van der Waals surface area contributed by atoms with E-state index in [0.29, 0.717) is 13.0 Å². The molecule has 0 bridgehead atoms. The minimum atomic E-state index is 0.235. The summed E-state index contributed by atoms with van der Waals surface area (Å²) in [7, 11) is 0. The van der Waals surface area contributed by atoms with E-state index in [4.69, 9.17) is 4.74 Å². The van der Waals surface area contributed by atoms with E-state index in [1.807, 2.05) is 35.2 Å². The van der Waals surface area contributed by atoms with Crippen LogP contribution in [0.5, 0.6) is 5.75 Å². The molecule has 0 radical (unpaired) electrons. The number of nitrogens with zero attached hydrogens (tertiary/aromatic N) is 1. The van der Waals surface area contributed by atoms with Crippen molar-refractivity contribution < 1.29 is 9.53 Å². The summed E-state index contributed by atoms with van der Waals surface area (Å²) in [5.41, 5.74) is 2.06. The summed E-state index contributed by atoms with van der Waals surface area (Å²) in [6, 6.07) is 7.91. The van der Waals surface area contributed by atoms with E-state index in [2.05, 4.69) is 0 Å². The van der Waals surface area contributed by atoms with Gasteiger partial charge in [-0.25, -0.2) is 0 Å². The average Bonchev–Trinajstić information content (AvgIpc) is 2.39. The van der Waals surface area contributed by atoms with Crippen molar-refractivity contribution in [3.05, 3.63) is 35.9 Å². The Hall–Kier alpha value is -1.77. The summed E-state index contributed by atoms with van der Waals surface area (Å²) in [5, 5.41) is 0. The molecule has 0 saturated carbocycles. The summed E-state index contributed by atoms with van der Waals surface area (Å²) in [6.07, 6.45) is 4.78. The zero-order chi connectivity index (χ0) is 11.7. The van der Waals surface area contributed by atoms with E-state index in [1.54, 1.807) is 0 Å². The number of likely N-dealkylation sites (tertiary alicyclic amines) is 1. The van der Waals surface area contributed by atoms with E-state index in [-0.39, 0.29) is 5.91 Å². The van der Waals surface area contributed by atoms with Crippen molar-refractivity contribution in [3.63, 3.8) is 0 Å². The molecule has 1 saturated heterocycles. The Morgan fingerprint density at radius 3 is 2.94 bits per heavy atom. The summed E-state index contributed by atoms with van der Waals surface area (Å²) >= 11 is 0. The van der Waals surface area contributed by atoms with Gasteiger partial charge < -0.3 is 9.64 Å². The van der Waals surface area contributed by atoms with Gasteiger partial charge in [0, 0.05) is 18.5 Å². The highest BCUT2D eigenvalue weighted by Crippen LogP contribution is 2.33. The second kappa shape index (κ2) is 4.24. The number of hydrogen-bond donors (Lipinski definition) is 0. The molecular formula is C14H15NO2. The number of ether oxygens (including phenoxy) is 1. The minimum absolute atomic E-state index is 0.235. The molecule has 2 aliphatic heterocycles. The van der Waals surface area contributed by atoms with Crippen LogP contribution in [0.3, 0.4) is 0 Å². The second-order valence-electron chi connectivity index (χ2n) is 4.40. The molecule has 0 atom stereocenters. The molecule has 0 aliphatic carbocycles. The highest BCUT2D eigenvalue weighted by Gasteiger charge is 2.25. The van der Waals surface area contributed by atoms with Gasteiger partial charge in [-0.15, -0.1) is 0 Å². The molecule has 1 fully saturated rings. The third kappa shape index (κ3) is 1.82. The fourth-order valence-corrected chi connectivity index (χ4v) is 2.44. The lowest BCUT2D eigenvalue weighted by atomic mass is 10.0. The molecule has 1 aromatic rings. The zero-order valence-corrected chi connectivity index (χ0v) is 9.69. The maximum Gasteiger partial charge on any atom is 0.226 e. The molecule has 2 aliphatic rings.